The van der Waals surface area contributed by atoms with Crippen molar-refractivity contribution in [3.63, 3.8) is 0 Å². The van der Waals surface area contributed by atoms with E-state index in [2.05, 4.69) is 20.3 Å². The minimum absolute atomic E-state index is 0.120. The zero-order chi connectivity index (χ0) is 12.3. The fourth-order valence-electron chi connectivity index (χ4n) is 1.09. The molecule has 7 heteroatoms. The number of halogens is 2. The first-order valence-electron chi connectivity index (χ1n) is 4.56. The lowest BCUT2D eigenvalue weighted by molar-refractivity contribution is 0.102. The summed E-state index contributed by atoms with van der Waals surface area (Å²) in [4.78, 5) is 23.3. The quantitative estimate of drug-likeness (QED) is 0.909. The summed E-state index contributed by atoms with van der Waals surface area (Å²) >= 11 is 11.4. The third kappa shape index (κ3) is 2.89. The molecule has 0 unspecified atom stereocenters. The van der Waals surface area contributed by atoms with E-state index in [-0.39, 0.29) is 16.7 Å². The molecular formula is C10H6Cl2N4O. The molecule has 2 heterocycles. The molecule has 0 spiro atoms. The molecule has 2 aromatic rings. The molecule has 0 bridgehead atoms. The van der Waals surface area contributed by atoms with Gasteiger partial charge < -0.3 is 5.32 Å². The van der Waals surface area contributed by atoms with Gasteiger partial charge in [0.1, 0.15) is 5.69 Å². The van der Waals surface area contributed by atoms with Crippen molar-refractivity contribution in [3.8, 4) is 0 Å². The van der Waals surface area contributed by atoms with Crippen LogP contribution >= 0.6 is 23.2 Å². The molecule has 17 heavy (non-hydrogen) atoms. The second-order valence-corrected chi connectivity index (χ2v) is 3.81. The highest BCUT2D eigenvalue weighted by Gasteiger charge is 2.10. The highest BCUT2D eigenvalue weighted by molar-refractivity contribution is 6.32. The predicted octanol–water partition coefficient (Wildman–Crippen LogP) is 2.43. The number of anilines is 1. The number of hydrogen-bond donors (Lipinski definition) is 1. The van der Waals surface area contributed by atoms with Gasteiger partial charge in [-0.3, -0.25) is 4.79 Å². The topological polar surface area (TPSA) is 67.8 Å². The van der Waals surface area contributed by atoms with E-state index in [1.807, 2.05) is 0 Å². The molecule has 0 aliphatic rings. The third-order valence-corrected chi connectivity index (χ3v) is 2.35. The Balaban J connectivity index is 2.17. The van der Waals surface area contributed by atoms with Crippen molar-refractivity contribution in [1.29, 1.82) is 0 Å². The number of rotatable bonds is 2. The number of nitrogens with zero attached hydrogens (tertiary/aromatic N) is 3. The third-order valence-electron chi connectivity index (χ3n) is 1.85. The van der Waals surface area contributed by atoms with Crippen LogP contribution in [-0.4, -0.2) is 20.9 Å². The molecule has 1 amide bonds. The zero-order valence-corrected chi connectivity index (χ0v) is 9.90. The Kier molecular flexibility index (Phi) is 3.51. The van der Waals surface area contributed by atoms with Crippen molar-refractivity contribution in [3.05, 3.63) is 46.6 Å². The predicted molar refractivity (Wildman–Crippen MR) is 64.2 cm³/mol. The molecule has 86 valence electrons. The summed E-state index contributed by atoms with van der Waals surface area (Å²) in [5.74, 6) is -0.236. The van der Waals surface area contributed by atoms with Gasteiger partial charge in [0.25, 0.3) is 5.91 Å². The Hall–Kier alpha value is -1.72. The Labute approximate surface area is 107 Å². The van der Waals surface area contributed by atoms with Crippen LogP contribution < -0.4 is 5.32 Å². The minimum atomic E-state index is -0.427. The van der Waals surface area contributed by atoms with E-state index in [0.717, 1.165) is 0 Å². The van der Waals surface area contributed by atoms with Gasteiger partial charge in [-0.2, -0.15) is 0 Å². The van der Waals surface area contributed by atoms with Crippen LogP contribution in [0.3, 0.4) is 0 Å². The lowest BCUT2D eigenvalue weighted by Gasteiger charge is -2.04. The Morgan fingerprint density at radius 3 is 2.53 bits per heavy atom. The normalized spacial score (nSPS) is 10.0. The number of carbonyl (C=O) groups excluding carboxylic acids is 1. The van der Waals surface area contributed by atoms with Gasteiger partial charge in [-0.05, 0) is 12.1 Å². The van der Waals surface area contributed by atoms with Gasteiger partial charge in [-0.1, -0.05) is 23.2 Å². The molecule has 1 N–H and O–H groups in total. The molecule has 5 nitrogen and oxygen atoms in total. The molecule has 2 rings (SSSR count). The average molecular weight is 269 g/mol. The van der Waals surface area contributed by atoms with Crippen molar-refractivity contribution < 1.29 is 4.79 Å². The largest absolute Gasteiger partial charge is 0.303 e. The molecule has 0 radical (unpaired) electrons. The number of nitrogens with one attached hydrogen (secondary N) is 1. The van der Waals surface area contributed by atoms with Gasteiger partial charge in [0.2, 0.25) is 0 Å². The van der Waals surface area contributed by atoms with E-state index >= 15 is 0 Å². The second-order valence-electron chi connectivity index (χ2n) is 3.01. The Bertz CT molecular complexity index is 544. The van der Waals surface area contributed by atoms with E-state index in [4.69, 9.17) is 23.2 Å². The number of carbonyl (C=O) groups is 1. The standard InChI is InChI=1S/C10H6Cl2N4O/c11-6-1-2-7(15-5-6)10(17)16-9-8(12)13-3-4-14-9/h1-5H,(H,14,16,17). The van der Waals surface area contributed by atoms with Crippen LogP contribution in [0.15, 0.2) is 30.7 Å². The first kappa shape index (κ1) is 11.8. The average Bonchev–Trinajstić information content (AvgIpc) is 2.33. The maximum absolute atomic E-state index is 11.7. The Morgan fingerprint density at radius 2 is 1.88 bits per heavy atom. The van der Waals surface area contributed by atoms with Gasteiger partial charge in [0.05, 0.1) is 5.02 Å². The highest BCUT2D eigenvalue weighted by Crippen LogP contribution is 2.15. The smallest absolute Gasteiger partial charge is 0.275 e. The summed E-state index contributed by atoms with van der Waals surface area (Å²) in [6.07, 6.45) is 4.24. The van der Waals surface area contributed by atoms with E-state index in [9.17, 15) is 4.79 Å². The number of aromatic nitrogens is 3. The van der Waals surface area contributed by atoms with Crippen LogP contribution in [0.4, 0.5) is 5.82 Å². The number of pyridine rings is 1. The molecule has 0 saturated heterocycles. The van der Waals surface area contributed by atoms with Gasteiger partial charge in [0.15, 0.2) is 11.0 Å². The molecule has 0 aliphatic carbocycles. The van der Waals surface area contributed by atoms with Crippen molar-refractivity contribution in [1.82, 2.24) is 15.0 Å². The van der Waals surface area contributed by atoms with Crippen LogP contribution in [0.2, 0.25) is 10.2 Å². The van der Waals surface area contributed by atoms with Crippen LogP contribution in [0, 0.1) is 0 Å². The van der Waals surface area contributed by atoms with Gasteiger partial charge in [0, 0.05) is 18.6 Å². The van der Waals surface area contributed by atoms with E-state index in [0.29, 0.717) is 5.02 Å². The molecule has 2 aromatic heterocycles. The summed E-state index contributed by atoms with van der Waals surface area (Å²) in [6.45, 7) is 0. The molecule has 0 fully saturated rings. The van der Waals surface area contributed by atoms with E-state index < -0.39 is 5.91 Å². The lowest BCUT2D eigenvalue weighted by Crippen LogP contribution is -2.14. The van der Waals surface area contributed by atoms with Crippen molar-refractivity contribution in [2.45, 2.75) is 0 Å². The second kappa shape index (κ2) is 5.07. The minimum Gasteiger partial charge on any atom is -0.303 e. The number of amides is 1. The molecule has 0 saturated carbocycles. The highest BCUT2D eigenvalue weighted by atomic mass is 35.5. The van der Waals surface area contributed by atoms with Crippen molar-refractivity contribution in [2.24, 2.45) is 0 Å². The van der Waals surface area contributed by atoms with Gasteiger partial charge >= 0.3 is 0 Å². The van der Waals surface area contributed by atoms with Crippen LogP contribution in [-0.2, 0) is 0 Å². The first-order valence-corrected chi connectivity index (χ1v) is 5.32. The van der Waals surface area contributed by atoms with Crippen LogP contribution in [0.25, 0.3) is 0 Å². The molecular weight excluding hydrogens is 263 g/mol. The monoisotopic (exact) mass is 268 g/mol. The van der Waals surface area contributed by atoms with Crippen LogP contribution in [0.1, 0.15) is 10.5 Å². The van der Waals surface area contributed by atoms with Gasteiger partial charge in [-0.15, -0.1) is 0 Å². The Morgan fingerprint density at radius 1 is 1.12 bits per heavy atom. The summed E-state index contributed by atoms with van der Waals surface area (Å²) in [5.41, 5.74) is 0.219. The van der Waals surface area contributed by atoms with Crippen molar-refractivity contribution in [2.75, 3.05) is 5.32 Å². The molecule has 0 aliphatic heterocycles. The summed E-state index contributed by atoms with van der Waals surface area (Å²) in [5, 5.41) is 3.07. The first-order chi connectivity index (χ1) is 8.16. The van der Waals surface area contributed by atoms with Gasteiger partial charge in [-0.25, -0.2) is 15.0 Å². The van der Waals surface area contributed by atoms with E-state index in [1.54, 1.807) is 6.07 Å². The maximum Gasteiger partial charge on any atom is 0.275 e. The SMILES string of the molecule is O=C(Nc1nccnc1Cl)c1ccc(Cl)cn1. The zero-order valence-electron chi connectivity index (χ0n) is 8.39. The molecule has 0 aromatic carbocycles. The summed E-state index contributed by atoms with van der Waals surface area (Å²) in [6, 6.07) is 3.07. The molecule has 0 atom stereocenters. The fourth-order valence-corrected chi connectivity index (χ4v) is 1.35. The number of hydrogen-bond acceptors (Lipinski definition) is 4. The fraction of sp³-hybridized carbons (Fsp3) is 0. The van der Waals surface area contributed by atoms with E-state index in [1.165, 1.54) is 24.7 Å². The van der Waals surface area contributed by atoms with Crippen LogP contribution in [0.5, 0.6) is 0 Å². The summed E-state index contributed by atoms with van der Waals surface area (Å²) < 4.78 is 0. The van der Waals surface area contributed by atoms with Crippen molar-refractivity contribution >= 4 is 34.9 Å². The summed E-state index contributed by atoms with van der Waals surface area (Å²) in [7, 11) is 0. The lowest BCUT2D eigenvalue weighted by atomic mass is 10.3. The maximum atomic E-state index is 11.7.